The summed E-state index contributed by atoms with van der Waals surface area (Å²) in [5.74, 6) is 0. The van der Waals surface area contributed by atoms with Crippen molar-refractivity contribution in [3.8, 4) is 0 Å². The van der Waals surface area contributed by atoms with Crippen LogP contribution in [-0.2, 0) is 6.54 Å². The molecule has 1 heterocycles. The lowest BCUT2D eigenvalue weighted by Crippen LogP contribution is -2.34. The highest BCUT2D eigenvalue weighted by molar-refractivity contribution is 7.15. The molecule has 17 heavy (non-hydrogen) atoms. The van der Waals surface area contributed by atoms with Crippen LogP contribution in [0.3, 0.4) is 0 Å². The smallest absolute Gasteiger partial charge is 0.185 e. The van der Waals surface area contributed by atoms with Gasteiger partial charge in [0.1, 0.15) is 0 Å². The van der Waals surface area contributed by atoms with Crippen molar-refractivity contribution in [2.24, 2.45) is 0 Å². The fourth-order valence-electron chi connectivity index (χ4n) is 1.40. The largest absolute Gasteiger partial charge is 0.351 e. The highest BCUT2D eigenvalue weighted by Crippen LogP contribution is 2.22. The lowest BCUT2D eigenvalue weighted by molar-refractivity contribution is 0.426. The minimum atomic E-state index is 0.165. The van der Waals surface area contributed by atoms with Gasteiger partial charge in [0.05, 0.1) is 0 Å². The van der Waals surface area contributed by atoms with Gasteiger partial charge in [-0.2, -0.15) is 0 Å². The second-order valence-electron chi connectivity index (χ2n) is 5.49. The van der Waals surface area contributed by atoms with Crippen molar-refractivity contribution >= 4 is 16.5 Å². The van der Waals surface area contributed by atoms with Crippen LogP contribution in [0.2, 0.25) is 0 Å². The maximum Gasteiger partial charge on any atom is 0.185 e. The minimum Gasteiger partial charge on any atom is -0.351 e. The van der Waals surface area contributed by atoms with Gasteiger partial charge >= 0.3 is 0 Å². The molecular formula is C13H25N3S. The molecule has 0 aliphatic carbocycles. The van der Waals surface area contributed by atoms with Gasteiger partial charge < -0.3 is 10.2 Å². The van der Waals surface area contributed by atoms with Crippen molar-refractivity contribution in [1.82, 2.24) is 10.3 Å². The van der Waals surface area contributed by atoms with Crippen LogP contribution in [0, 0.1) is 0 Å². The zero-order valence-corrected chi connectivity index (χ0v) is 12.5. The quantitative estimate of drug-likeness (QED) is 0.845. The van der Waals surface area contributed by atoms with E-state index in [1.165, 1.54) is 17.7 Å². The van der Waals surface area contributed by atoms with Crippen LogP contribution >= 0.6 is 11.3 Å². The van der Waals surface area contributed by atoms with Gasteiger partial charge in [-0.1, -0.05) is 13.3 Å². The maximum absolute atomic E-state index is 4.47. The van der Waals surface area contributed by atoms with Crippen LogP contribution < -0.4 is 10.2 Å². The normalized spacial score (nSPS) is 11.8. The van der Waals surface area contributed by atoms with E-state index in [4.69, 9.17) is 0 Å². The molecule has 0 bridgehead atoms. The number of unbranched alkanes of at least 4 members (excludes halogenated alkanes) is 1. The van der Waals surface area contributed by atoms with Crippen LogP contribution in [0.5, 0.6) is 0 Å². The summed E-state index contributed by atoms with van der Waals surface area (Å²) >= 11 is 1.78. The fourth-order valence-corrected chi connectivity index (χ4v) is 2.24. The first-order valence-electron chi connectivity index (χ1n) is 6.33. The molecule has 0 radical (unpaired) electrons. The van der Waals surface area contributed by atoms with Crippen LogP contribution in [0.1, 0.15) is 45.4 Å². The number of hydrogen-bond donors (Lipinski definition) is 1. The maximum atomic E-state index is 4.47. The average Bonchev–Trinajstić information content (AvgIpc) is 2.70. The van der Waals surface area contributed by atoms with Crippen LogP contribution in [0.4, 0.5) is 5.13 Å². The molecular weight excluding hydrogens is 230 g/mol. The van der Waals surface area contributed by atoms with Gasteiger partial charge in [-0.25, -0.2) is 4.98 Å². The van der Waals surface area contributed by atoms with Crippen LogP contribution in [0.25, 0.3) is 0 Å². The number of nitrogens with zero attached hydrogens (tertiary/aromatic N) is 2. The summed E-state index contributed by atoms with van der Waals surface area (Å²) in [7, 11) is 2.12. The second kappa shape index (κ2) is 6.36. The predicted molar refractivity (Wildman–Crippen MR) is 76.9 cm³/mol. The molecule has 0 saturated carbocycles. The van der Waals surface area contributed by atoms with E-state index < -0.39 is 0 Å². The predicted octanol–water partition coefficient (Wildman–Crippen LogP) is 3.27. The van der Waals surface area contributed by atoms with Gasteiger partial charge in [0, 0.05) is 36.8 Å². The minimum absolute atomic E-state index is 0.165. The van der Waals surface area contributed by atoms with Crippen LogP contribution in [0.15, 0.2) is 6.20 Å². The molecule has 0 fully saturated rings. The van der Waals surface area contributed by atoms with E-state index in [1.54, 1.807) is 11.3 Å². The molecule has 4 heteroatoms. The molecule has 0 aliphatic heterocycles. The van der Waals surface area contributed by atoms with E-state index in [0.717, 1.165) is 18.2 Å². The van der Waals surface area contributed by atoms with E-state index in [2.05, 4.69) is 49.9 Å². The topological polar surface area (TPSA) is 28.2 Å². The van der Waals surface area contributed by atoms with Crippen molar-refractivity contribution in [3.05, 3.63) is 11.1 Å². The number of aromatic nitrogens is 1. The Hall–Kier alpha value is -0.610. The van der Waals surface area contributed by atoms with Gasteiger partial charge in [0.2, 0.25) is 0 Å². The summed E-state index contributed by atoms with van der Waals surface area (Å²) in [6.07, 6.45) is 4.45. The Morgan fingerprint density at radius 1 is 1.41 bits per heavy atom. The van der Waals surface area contributed by atoms with E-state index in [1.807, 2.05) is 6.20 Å². The van der Waals surface area contributed by atoms with Crippen molar-refractivity contribution in [1.29, 1.82) is 0 Å². The summed E-state index contributed by atoms with van der Waals surface area (Å²) in [5, 5.41) is 4.61. The Morgan fingerprint density at radius 3 is 2.71 bits per heavy atom. The number of nitrogens with one attached hydrogen (secondary N) is 1. The van der Waals surface area contributed by atoms with Crippen molar-refractivity contribution in [3.63, 3.8) is 0 Å². The Kier molecular flexibility index (Phi) is 5.40. The molecule has 0 aromatic carbocycles. The monoisotopic (exact) mass is 255 g/mol. The Bertz CT molecular complexity index is 328. The van der Waals surface area contributed by atoms with Gasteiger partial charge in [-0.3, -0.25) is 0 Å². The number of thiazole rings is 1. The summed E-state index contributed by atoms with van der Waals surface area (Å²) < 4.78 is 0. The van der Waals surface area contributed by atoms with E-state index in [0.29, 0.717) is 0 Å². The molecule has 98 valence electrons. The van der Waals surface area contributed by atoms with Crippen molar-refractivity contribution in [2.75, 3.05) is 18.5 Å². The van der Waals surface area contributed by atoms with Gasteiger partial charge in [-0.05, 0) is 27.2 Å². The lowest BCUT2D eigenvalue weighted by atomic mass is 10.1. The van der Waals surface area contributed by atoms with Gasteiger partial charge in [-0.15, -0.1) is 11.3 Å². The summed E-state index contributed by atoms with van der Waals surface area (Å²) in [6, 6.07) is 0. The van der Waals surface area contributed by atoms with Crippen LogP contribution in [-0.4, -0.2) is 24.1 Å². The lowest BCUT2D eigenvalue weighted by Gasteiger charge is -2.19. The zero-order chi connectivity index (χ0) is 12.9. The Labute approximate surface area is 109 Å². The van der Waals surface area contributed by atoms with E-state index in [9.17, 15) is 0 Å². The molecule has 0 unspecified atom stereocenters. The number of anilines is 1. The summed E-state index contributed by atoms with van der Waals surface area (Å²) in [4.78, 5) is 8.02. The molecule has 0 aliphatic rings. The number of hydrogen-bond acceptors (Lipinski definition) is 4. The van der Waals surface area contributed by atoms with Gasteiger partial charge in [0.25, 0.3) is 0 Å². The third-order valence-corrected chi connectivity index (χ3v) is 3.62. The first kappa shape index (κ1) is 14.5. The molecule has 0 saturated heterocycles. The summed E-state index contributed by atoms with van der Waals surface area (Å²) in [5.41, 5.74) is 0.165. The summed E-state index contributed by atoms with van der Waals surface area (Å²) in [6.45, 7) is 10.8. The van der Waals surface area contributed by atoms with Crippen molar-refractivity contribution in [2.45, 2.75) is 52.6 Å². The number of rotatable bonds is 6. The highest BCUT2D eigenvalue weighted by Gasteiger charge is 2.11. The fraction of sp³-hybridized carbons (Fsp3) is 0.769. The second-order valence-corrected chi connectivity index (χ2v) is 6.58. The average molecular weight is 255 g/mol. The first-order valence-corrected chi connectivity index (χ1v) is 7.15. The standard InChI is InChI=1S/C13H25N3S/c1-6-7-8-16(5)12-14-9-11(17-12)10-15-13(2,3)4/h9,15H,6-8,10H2,1-5H3. The third kappa shape index (κ3) is 5.50. The molecule has 1 aromatic heterocycles. The van der Waals surface area contributed by atoms with Gasteiger partial charge in [0.15, 0.2) is 5.13 Å². The third-order valence-electron chi connectivity index (χ3n) is 2.51. The van der Waals surface area contributed by atoms with E-state index >= 15 is 0 Å². The molecule has 3 nitrogen and oxygen atoms in total. The van der Waals surface area contributed by atoms with Crippen molar-refractivity contribution < 1.29 is 0 Å². The molecule has 1 N–H and O–H groups in total. The SMILES string of the molecule is CCCCN(C)c1ncc(CNC(C)(C)C)s1. The molecule has 1 rings (SSSR count). The molecule has 0 amide bonds. The molecule has 0 atom stereocenters. The first-order chi connectivity index (χ1) is 7.92. The molecule has 0 spiro atoms. The Morgan fingerprint density at radius 2 is 2.12 bits per heavy atom. The van der Waals surface area contributed by atoms with E-state index in [-0.39, 0.29) is 5.54 Å². The molecule has 1 aromatic rings. The highest BCUT2D eigenvalue weighted by atomic mass is 32.1. The zero-order valence-electron chi connectivity index (χ0n) is 11.7. The Balaban J connectivity index is 2.47.